The number of aromatic amines is 1. The number of methoxy groups -OCH3 is 2. The number of benzene rings is 3. The molecule has 7 nitrogen and oxygen atoms in total. The number of rotatable bonds is 5. The van der Waals surface area contributed by atoms with E-state index in [1.165, 1.54) is 0 Å². The number of imidazole rings is 1. The number of nitrogens with zero attached hydrogens (tertiary/aromatic N) is 1. The second kappa shape index (κ2) is 8.16. The maximum atomic E-state index is 12.4. The van der Waals surface area contributed by atoms with Gasteiger partial charge in [-0.15, -0.1) is 0 Å². The zero-order valence-corrected chi connectivity index (χ0v) is 16.9. The Balaban J connectivity index is 1.62. The molecule has 1 heterocycles. The fourth-order valence-corrected chi connectivity index (χ4v) is 3.18. The van der Waals surface area contributed by atoms with E-state index in [1.54, 1.807) is 14.2 Å². The van der Waals surface area contributed by atoms with Gasteiger partial charge in [-0.2, -0.15) is 0 Å². The summed E-state index contributed by atoms with van der Waals surface area (Å²) in [4.78, 5) is 20.4. The SMILES string of the molecule is COc1cc2nc(-c3ccc(C)c(NC(=O)Nc4ccccc4)c3)[nH]c2cc1OC. The minimum Gasteiger partial charge on any atom is -0.493 e. The Morgan fingerprint density at radius 3 is 2.40 bits per heavy atom. The minimum atomic E-state index is -0.305. The molecule has 0 radical (unpaired) electrons. The van der Waals surface area contributed by atoms with Gasteiger partial charge >= 0.3 is 6.03 Å². The number of carbonyl (C=O) groups is 1. The monoisotopic (exact) mass is 402 g/mol. The summed E-state index contributed by atoms with van der Waals surface area (Å²) in [5, 5.41) is 5.73. The first-order valence-electron chi connectivity index (χ1n) is 9.43. The van der Waals surface area contributed by atoms with Crippen LogP contribution in [0, 0.1) is 6.92 Å². The number of amides is 2. The Bertz CT molecular complexity index is 1160. The van der Waals surface area contributed by atoms with Crippen molar-refractivity contribution >= 4 is 28.4 Å². The highest BCUT2D eigenvalue weighted by molar-refractivity contribution is 6.00. The molecule has 152 valence electrons. The topological polar surface area (TPSA) is 88.3 Å². The smallest absolute Gasteiger partial charge is 0.323 e. The summed E-state index contributed by atoms with van der Waals surface area (Å²) in [6.45, 7) is 1.94. The van der Waals surface area contributed by atoms with Crippen molar-refractivity contribution in [1.29, 1.82) is 0 Å². The van der Waals surface area contributed by atoms with Crippen LogP contribution < -0.4 is 20.1 Å². The molecule has 0 fully saturated rings. The highest BCUT2D eigenvalue weighted by atomic mass is 16.5. The summed E-state index contributed by atoms with van der Waals surface area (Å²) in [6, 6.07) is 18.5. The normalized spacial score (nSPS) is 10.6. The fraction of sp³-hybridized carbons (Fsp3) is 0.130. The van der Waals surface area contributed by atoms with Crippen molar-refractivity contribution in [3.05, 3.63) is 66.2 Å². The summed E-state index contributed by atoms with van der Waals surface area (Å²) >= 11 is 0. The molecule has 0 saturated carbocycles. The highest BCUT2D eigenvalue weighted by Crippen LogP contribution is 2.33. The molecule has 0 atom stereocenters. The Morgan fingerprint density at radius 2 is 1.67 bits per heavy atom. The third kappa shape index (κ3) is 3.91. The number of ether oxygens (including phenoxy) is 2. The Morgan fingerprint density at radius 1 is 0.933 bits per heavy atom. The Hall–Kier alpha value is -4.00. The van der Waals surface area contributed by atoms with Gasteiger partial charge < -0.3 is 25.1 Å². The van der Waals surface area contributed by atoms with Gasteiger partial charge in [0.25, 0.3) is 0 Å². The quantitative estimate of drug-likeness (QED) is 0.428. The fourth-order valence-electron chi connectivity index (χ4n) is 3.18. The van der Waals surface area contributed by atoms with Crippen LogP contribution in [0.25, 0.3) is 22.4 Å². The summed E-state index contributed by atoms with van der Waals surface area (Å²) in [7, 11) is 3.19. The molecule has 7 heteroatoms. The van der Waals surface area contributed by atoms with Crippen molar-refractivity contribution in [2.45, 2.75) is 6.92 Å². The van der Waals surface area contributed by atoms with E-state index in [0.29, 0.717) is 23.0 Å². The lowest BCUT2D eigenvalue weighted by Gasteiger charge is -2.11. The van der Waals surface area contributed by atoms with Crippen LogP contribution in [0.1, 0.15) is 5.56 Å². The van der Waals surface area contributed by atoms with Crippen LogP contribution in [0.15, 0.2) is 60.7 Å². The van der Waals surface area contributed by atoms with E-state index < -0.39 is 0 Å². The minimum absolute atomic E-state index is 0.305. The van der Waals surface area contributed by atoms with E-state index in [4.69, 9.17) is 9.47 Å². The lowest BCUT2D eigenvalue weighted by Crippen LogP contribution is -2.19. The zero-order chi connectivity index (χ0) is 21.1. The molecule has 4 aromatic rings. The van der Waals surface area contributed by atoms with Crippen LogP contribution in [0.3, 0.4) is 0 Å². The van der Waals surface area contributed by atoms with E-state index in [9.17, 15) is 4.79 Å². The standard InChI is InChI=1S/C23H22N4O3/c1-14-9-10-15(11-17(14)27-23(28)24-16-7-5-4-6-8-16)22-25-18-12-20(29-2)21(30-3)13-19(18)26-22/h4-13H,1-3H3,(H,25,26)(H2,24,27,28). The molecule has 2 amide bonds. The summed E-state index contributed by atoms with van der Waals surface area (Å²) in [5.41, 5.74) is 4.82. The summed E-state index contributed by atoms with van der Waals surface area (Å²) in [5.74, 6) is 1.93. The molecule has 0 aliphatic carbocycles. The van der Waals surface area contributed by atoms with E-state index in [-0.39, 0.29) is 6.03 Å². The number of anilines is 2. The maximum Gasteiger partial charge on any atom is 0.323 e. The largest absolute Gasteiger partial charge is 0.493 e. The van der Waals surface area contributed by atoms with Crippen molar-refractivity contribution in [3.8, 4) is 22.9 Å². The zero-order valence-electron chi connectivity index (χ0n) is 16.9. The molecule has 0 unspecified atom stereocenters. The van der Waals surface area contributed by atoms with Gasteiger partial charge in [0.15, 0.2) is 11.5 Å². The van der Waals surface area contributed by atoms with Crippen molar-refractivity contribution < 1.29 is 14.3 Å². The predicted octanol–water partition coefficient (Wildman–Crippen LogP) is 5.20. The first kappa shape index (κ1) is 19.3. The second-order valence-electron chi connectivity index (χ2n) is 6.78. The van der Waals surface area contributed by atoms with E-state index >= 15 is 0 Å². The predicted molar refractivity (Wildman–Crippen MR) is 118 cm³/mol. The average Bonchev–Trinajstić information content (AvgIpc) is 3.17. The number of aryl methyl sites for hydroxylation is 1. The van der Waals surface area contributed by atoms with Crippen molar-refractivity contribution in [2.75, 3.05) is 24.9 Å². The second-order valence-corrected chi connectivity index (χ2v) is 6.78. The highest BCUT2D eigenvalue weighted by Gasteiger charge is 2.13. The molecule has 0 saturated heterocycles. The maximum absolute atomic E-state index is 12.4. The van der Waals surface area contributed by atoms with Crippen molar-refractivity contribution in [2.24, 2.45) is 0 Å². The molecule has 1 aromatic heterocycles. The van der Waals surface area contributed by atoms with Gasteiger partial charge in [-0.1, -0.05) is 30.3 Å². The molecule has 0 aliphatic rings. The van der Waals surface area contributed by atoms with Crippen molar-refractivity contribution in [3.63, 3.8) is 0 Å². The Kier molecular flexibility index (Phi) is 5.26. The molecular weight excluding hydrogens is 380 g/mol. The third-order valence-corrected chi connectivity index (χ3v) is 4.78. The molecule has 4 rings (SSSR count). The molecular formula is C23H22N4O3. The van der Waals surface area contributed by atoms with Gasteiger partial charge in [0.05, 0.1) is 25.3 Å². The lowest BCUT2D eigenvalue weighted by molar-refractivity contribution is 0.262. The summed E-state index contributed by atoms with van der Waals surface area (Å²) < 4.78 is 10.7. The summed E-state index contributed by atoms with van der Waals surface area (Å²) in [6.07, 6.45) is 0. The number of H-pyrrole nitrogens is 1. The average molecular weight is 402 g/mol. The number of carbonyl (C=O) groups excluding carboxylic acids is 1. The number of hydrogen-bond acceptors (Lipinski definition) is 4. The van der Waals surface area contributed by atoms with Crippen LogP contribution in [0.5, 0.6) is 11.5 Å². The number of fused-ring (bicyclic) bond motifs is 1. The van der Waals surface area contributed by atoms with Crippen molar-refractivity contribution in [1.82, 2.24) is 9.97 Å². The van der Waals surface area contributed by atoms with E-state index in [2.05, 4.69) is 20.6 Å². The van der Waals surface area contributed by atoms with Crippen LogP contribution in [-0.2, 0) is 0 Å². The van der Waals surface area contributed by atoms with Crippen LogP contribution >= 0.6 is 0 Å². The molecule has 3 N–H and O–H groups in total. The molecule has 0 aliphatic heterocycles. The third-order valence-electron chi connectivity index (χ3n) is 4.78. The van der Waals surface area contributed by atoms with Crippen LogP contribution in [0.4, 0.5) is 16.2 Å². The number of aromatic nitrogens is 2. The van der Waals surface area contributed by atoms with Gasteiger partial charge in [0.1, 0.15) is 5.82 Å². The number of nitrogens with one attached hydrogen (secondary N) is 3. The van der Waals surface area contributed by atoms with Gasteiger partial charge in [-0.05, 0) is 30.7 Å². The van der Waals surface area contributed by atoms with Crippen LogP contribution in [-0.4, -0.2) is 30.2 Å². The van der Waals surface area contributed by atoms with Gasteiger partial charge in [0, 0.05) is 29.1 Å². The number of hydrogen-bond donors (Lipinski definition) is 3. The first-order valence-corrected chi connectivity index (χ1v) is 9.43. The van der Waals surface area contributed by atoms with Gasteiger partial charge in [-0.3, -0.25) is 0 Å². The van der Waals surface area contributed by atoms with Crippen LogP contribution in [0.2, 0.25) is 0 Å². The lowest BCUT2D eigenvalue weighted by atomic mass is 10.1. The molecule has 0 spiro atoms. The van der Waals surface area contributed by atoms with E-state index in [1.807, 2.05) is 67.6 Å². The number of para-hydroxylation sites is 1. The van der Waals surface area contributed by atoms with Gasteiger partial charge in [-0.25, -0.2) is 9.78 Å². The molecule has 3 aromatic carbocycles. The number of urea groups is 1. The van der Waals surface area contributed by atoms with E-state index in [0.717, 1.165) is 27.8 Å². The first-order chi connectivity index (χ1) is 14.6. The Labute approximate surface area is 174 Å². The molecule has 30 heavy (non-hydrogen) atoms. The molecule has 0 bridgehead atoms. The van der Waals surface area contributed by atoms with Gasteiger partial charge in [0.2, 0.25) is 0 Å².